The van der Waals surface area contributed by atoms with Crippen LogP contribution in [-0.4, -0.2) is 66.6 Å². The van der Waals surface area contributed by atoms with Gasteiger partial charge in [-0.25, -0.2) is 0 Å². The third-order valence-electron chi connectivity index (χ3n) is 6.27. The van der Waals surface area contributed by atoms with Crippen LogP contribution in [0.1, 0.15) is 18.4 Å². The van der Waals surface area contributed by atoms with Gasteiger partial charge in [-0.1, -0.05) is 12.1 Å². The van der Waals surface area contributed by atoms with Crippen LogP contribution in [0, 0.1) is 0 Å². The van der Waals surface area contributed by atoms with Gasteiger partial charge in [0.2, 0.25) is 11.8 Å². The largest absolute Gasteiger partial charge is 0.497 e. The Morgan fingerprint density at radius 1 is 0.818 bits per heavy atom. The number of nitrogens with zero attached hydrogens (tertiary/aromatic N) is 3. The van der Waals surface area contributed by atoms with Gasteiger partial charge in [-0.05, 0) is 54.8 Å². The third kappa shape index (κ3) is 5.48. The summed E-state index contributed by atoms with van der Waals surface area (Å²) in [5.74, 6) is 1.84. The number of amides is 2. The summed E-state index contributed by atoms with van der Waals surface area (Å²) in [5.41, 5.74) is 2.13. The number of hydrogen-bond donors (Lipinski definition) is 0. The van der Waals surface area contributed by atoms with Crippen molar-refractivity contribution < 1.29 is 19.1 Å². The Bertz CT molecular complexity index is 1110. The van der Waals surface area contributed by atoms with Crippen LogP contribution < -0.4 is 9.47 Å². The van der Waals surface area contributed by atoms with Gasteiger partial charge in [-0.15, -0.1) is 0 Å². The molecule has 0 saturated carbocycles. The Morgan fingerprint density at radius 3 is 2.18 bits per heavy atom. The van der Waals surface area contributed by atoms with Gasteiger partial charge in [0.15, 0.2) is 0 Å². The van der Waals surface area contributed by atoms with Crippen molar-refractivity contribution in [2.24, 2.45) is 0 Å². The summed E-state index contributed by atoms with van der Waals surface area (Å²) in [6.45, 7) is 2.81. The zero-order valence-electron chi connectivity index (χ0n) is 19.3. The van der Waals surface area contributed by atoms with Gasteiger partial charge in [0.05, 0.1) is 14.2 Å². The van der Waals surface area contributed by atoms with E-state index in [2.05, 4.69) is 0 Å². The van der Waals surface area contributed by atoms with Crippen molar-refractivity contribution in [3.8, 4) is 11.5 Å². The average molecular weight is 450 g/mol. The van der Waals surface area contributed by atoms with Gasteiger partial charge in [0.1, 0.15) is 18.0 Å². The van der Waals surface area contributed by atoms with Crippen LogP contribution in [0.3, 0.4) is 0 Å². The SMILES string of the molecule is COc1ccc(CCC(=O)N2CCCN(C(=O)Cn3ccc4cc(OC)ccc43)CC2)cc1. The maximum atomic E-state index is 13.0. The van der Waals surface area contributed by atoms with Crippen LogP contribution in [0.2, 0.25) is 0 Å². The first kappa shape index (κ1) is 22.7. The molecule has 0 aliphatic carbocycles. The first-order valence-corrected chi connectivity index (χ1v) is 11.4. The predicted octanol–water partition coefficient (Wildman–Crippen LogP) is 3.35. The first-order chi connectivity index (χ1) is 16.1. The molecule has 2 aromatic carbocycles. The highest BCUT2D eigenvalue weighted by molar-refractivity contribution is 5.84. The fraction of sp³-hybridized carbons (Fsp3) is 0.385. The number of ether oxygens (including phenoxy) is 2. The second-order valence-corrected chi connectivity index (χ2v) is 8.33. The molecule has 7 nitrogen and oxygen atoms in total. The number of fused-ring (bicyclic) bond motifs is 1. The number of rotatable bonds is 7. The van der Waals surface area contributed by atoms with Gasteiger partial charge in [0.25, 0.3) is 0 Å². The average Bonchev–Trinajstić information content (AvgIpc) is 3.07. The summed E-state index contributed by atoms with van der Waals surface area (Å²) in [5, 5.41) is 1.05. The van der Waals surface area contributed by atoms with E-state index in [1.165, 1.54) is 0 Å². The molecule has 1 aliphatic heterocycles. The normalized spacial score (nSPS) is 14.2. The van der Waals surface area contributed by atoms with Gasteiger partial charge < -0.3 is 23.8 Å². The zero-order chi connectivity index (χ0) is 23.2. The van der Waals surface area contributed by atoms with E-state index < -0.39 is 0 Å². The van der Waals surface area contributed by atoms with Crippen molar-refractivity contribution in [2.45, 2.75) is 25.8 Å². The highest BCUT2D eigenvalue weighted by Gasteiger charge is 2.22. The molecule has 33 heavy (non-hydrogen) atoms. The molecule has 0 spiro atoms. The van der Waals surface area contributed by atoms with Crippen molar-refractivity contribution in [1.29, 1.82) is 0 Å². The fourth-order valence-electron chi connectivity index (χ4n) is 4.31. The molecule has 1 aliphatic rings. The molecule has 2 heterocycles. The molecular weight excluding hydrogens is 418 g/mol. The molecule has 0 radical (unpaired) electrons. The van der Waals surface area contributed by atoms with Gasteiger partial charge in [0, 0.05) is 49.7 Å². The second kappa shape index (κ2) is 10.4. The Kier molecular flexibility index (Phi) is 7.17. The molecule has 1 saturated heterocycles. The van der Waals surface area contributed by atoms with E-state index in [0.717, 1.165) is 34.4 Å². The van der Waals surface area contributed by atoms with E-state index in [1.807, 2.05) is 69.1 Å². The maximum absolute atomic E-state index is 13.0. The predicted molar refractivity (Wildman–Crippen MR) is 128 cm³/mol. The smallest absolute Gasteiger partial charge is 0.242 e. The standard InChI is InChI=1S/C26H31N3O4/c1-32-22-7-4-20(5-8-22)6-11-25(30)27-13-3-14-28(17-16-27)26(31)19-29-15-12-21-18-23(33-2)9-10-24(21)29/h4-5,7-10,12,15,18H,3,6,11,13-14,16-17,19H2,1-2H3. The minimum absolute atomic E-state index is 0.0795. The minimum Gasteiger partial charge on any atom is -0.497 e. The Balaban J connectivity index is 1.30. The molecule has 0 N–H and O–H groups in total. The minimum atomic E-state index is 0.0795. The summed E-state index contributed by atoms with van der Waals surface area (Å²) < 4.78 is 12.4. The number of hydrogen-bond acceptors (Lipinski definition) is 4. The summed E-state index contributed by atoms with van der Waals surface area (Å²) in [6.07, 6.45) is 3.91. The number of benzene rings is 2. The zero-order valence-corrected chi connectivity index (χ0v) is 19.3. The molecule has 0 unspecified atom stereocenters. The Morgan fingerprint density at radius 2 is 1.48 bits per heavy atom. The molecule has 1 fully saturated rings. The van der Waals surface area contributed by atoms with Crippen LogP contribution in [0.25, 0.3) is 10.9 Å². The Labute approximate surface area is 194 Å². The van der Waals surface area contributed by atoms with Crippen molar-refractivity contribution in [2.75, 3.05) is 40.4 Å². The van der Waals surface area contributed by atoms with E-state index in [9.17, 15) is 9.59 Å². The lowest BCUT2D eigenvalue weighted by atomic mass is 10.1. The van der Waals surface area contributed by atoms with Crippen LogP contribution in [0.15, 0.2) is 54.7 Å². The molecule has 4 rings (SSSR count). The number of methoxy groups -OCH3 is 2. The molecule has 1 aromatic heterocycles. The summed E-state index contributed by atoms with van der Waals surface area (Å²) in [7, 11) is 3.29. The molecular formula is C26H31N3O4. The van der Waals surface area contributed by atoms with Crippen LogP contribution in [-0.2, 0) is 22.6 Å². The number of carbonyl (C=O) groups excluding carboxylic acids is 2. The molecule has 174 valence electrons. The first-order valence-electron chi connectivity index (χ1n) is 11.4. The van der Waals surface area contributed by atoms with Gasteiger partial charge >= 0.3 is 0 Å². The quantitative estimate of drug-likeness (QED) is 0.555. The molecule has 7 heteroatoms. The number of carbonyl (C=O) groups is 2. The molecule has 0 bridgehead atoms. The van der Waals surface area contributed by atoms with Crippen molar-refractivity contribution in [1.82, 2.24) is 14.4 Å². The second-order valence-electron chi connectivity index (χ2n) is 8.33. The van der Waals surface area contributed by atoms with Gasteiger partial charge in [-0.3, -0.25) is 9.59 Å². The molecule has 0 atom stereocenters. The number of aromatic nitrogens is 1. The van der Waals surface area contributed by atoms with Crippen LogP contribution in [0.5, 0.6) is 11.5 Å². The van der Waals surface area contributed by atoms with Crippen LogP contribution >= 0.6 is 0 Å². The highest BCUT2D eigenvalue weighted by atomic mass is 16.5. The lowest BCUT2D eigenvalue weighted by Gasteiger charge is -2.22. The van der Waals surface area contributed by atoms with Crippen molar-refractivity contribution >= 4 is 22.7 Å². The lowest BCUT2D eigenvalue weighted by molar-refractivity contribution is -0.133. The van der Waals surface area contributed by atoms with Crippen molar-refractivity contribution in [3.05, 3.63) is 60.3 Å². The van der Waals surface area contributed by atoms with E-state index in [1.54, 1.807) is 14.2 Å². The van der Waals surface area contributed by atoms with E-state index in [0.29, 0.717) is 45.6 Å². The van der Waals surface area contributed by atoms with E-state index in [-0.39, 0.29) is 11.8 Å². The fourth-order valence-corrected chi connectivity index (χ4v) is 4.31. The maximum Gasteiger partial charge on any atom is 0.242 e. The van der Waals surface area contributed by atoms with Crippen LogP contribution in [0.4, 0.5) is 0 Å². The molecule has 2 amide bonds. The summed E-state index contributed by atoms with van der Waals surface area (Å²) >= 11 is 0. The van der Waals surface area contributed by atoms with E-state index >= 15 is 0 Å². The van der Waals surface area contributed by atoms with Gasteiger partial charge in [-0.2, -0.15) is 0 Å². The third-order valence-corrected chi connectivity index (χ3v) is 6.27. The summed E-state index contributed by atoms with van der Waals surface area (Å²) in [6, 6.07) is 15.7. The number of aryl methyl sites for hydroxylation is 1. The Hall–Kier alpha value is -3.48. The highest BCUT2D eigenvalue weighted by Crippen LogP contribution is 2.22. The monoisotopic (exact) mass is 449 g/mol. The summed E-state index contributed by atoms with van der Waals surface area (Å²) in [4.78, 5) is 29.5. The van der Waals surface area contributed by atoms with E-state index in [4.69, 9.17) is 9.47 Å². The topological polar surface area (TPSA) is 64.0 Å². The lowest BCUT2D eigenvalue weighted by Crippen LogP contribution is -2.38. The van der Waals surface area contributed by atoms with Crippen molar-refractivity contribution in [3.63, 3.8) is 0 Å². The molecule has 3 aromatic rings.